The summed E-state index contributed by atoms with van der Waals surface area (Å²) >= 11 is 17.5. The van der Waals surface area contributed by atoms with Gasteiger partial charge in [0, 0.05) is 19.2 Å². The van der Waals surface area contributed by atoms with Gasteiger partial charge in [0.2, 0.25) is 0 Å². The van der Waals surface area contributed by atoms with Crippen LogP contribution < -0.4 is 0 Å². The van der Waals surface area contributed by atoms with E-state index in [9.17, 15) is 4.79 Å². The van der Waals surface area contributed by atoms with Crippen LogP contribution in [-0.2, 0) is 0 Å². The van der Waals surface area contributed by atoms with Crippen molar-refractivity contribution in [1.29, 1.82) is 0 Å². The van der Waals surface area contributed by atoms with Crippen molar-refractivity contribution >= 4 is 67.5 Å². The molecule has 0 saturated heterocycles. The van der Waals surface area contributed by atoms with Crippen molar-refractivity contribution in [3.8, 4) is 0 Å². The second-order valence-corrected chi connectivity index (χ2v) is 6.42. The summed E-state index contributed by atoms with van der Waals surface area (Å²) in [5.41, 5.74) is 1.02. The van der Waals surface area contributed by atoms with Gasteiger partial charge in [0.1, 0.15) is 0 Å². The van der Waals surface area contributed by atoms with Gasteiger partial charge in [-0.2, -0.15) is 0 Å². The van der Waals surface area contributed by atoms with E-state index in [1.807, 2.05) is 12.1 Å². The molecule has 0 atom stereocenters. The molecule has 2 rings (SSSR count). The molecule has 0 aromatic heterocycles. The molecule has 0 radical (unpaired) electrons. The van der Waals surface area contributed by atoms with Gasteiger partial charge >= 0.3 is 0 Å². The number of ketones is 1. The molecule has 1 nitrogen and oxygen atoms in total. The maximum absolute atomic E-state index is 12.4. The van der Waals surface area contributed by atoms with E-state index in [0.29, 0.717) is 21.2 Å². The zero-order valence-corrected chi connectivity index (χ0v) is 14.1. The van der Waals surface area contributed by atoms with Gasteiger partial charge < -0.3 is 0 Å². The molecule has 0 heterocycles. The van der Waals surface area contributed by atoms with E-state index in [-0.39, 0.29) is 5.78 Å². The Labute approximate surface area is 137 Å². The average Bonchev–Trinajstić information content (AvgIpc) is 2.35. The minimum atomic E-state index is -0.131. The summed E-state index contributed by atoms with van der Waals surface area (Å²) in [4.78, 5) is 12.4. The summed E-state index contributed by atoms with van der Waals surface area (Å²) in [6.07, 6.45) is 0. The standard InChI is InChI=1S/C13H6BrCl2IO/c14-7-4-5-11(17)9(6-7)13(18)8-2-1-3-10(15)12(8)16/h1-6H. The average molecular weight is 456 g/mol. The number of carbonyl (C=O) groups excluding carboxylic acids is 1. The lowest BCUT2D eigenvalue weighted by atomic mass is 10.0. The molecule has 92 valence electrons. The van der Waals surface area contributed by atoms with Crippen LogP contribution in [0.1, 0.15) is 15.9 Å². The van der Waals surface area contributed by atoms with Crippen molar-refractivity contribution in [1.82, 2.24) is 0 Å². The van der Waals surface area contributed by atoms with E-state index < -0.39 is 0 Å². The Morgan fingerprint density at radius 2 is 1.83 bits per heavy atom. The molecule has 0 aliphatic rings. The lowest BCUT2D eigenvalue weighted by molar-refractivity contribution is 0.103. The first-order valence-corrected chi connectivity index (χ1v) is 7.57. The third kappa shape index (κ3) is 2.90. The highest BCUT2D eigenvalue weighted by molar-refractivity contribution is 14.1. The Balaban J connectivity index is 2.55. The molecular weight excluding hydrogens is 450 g/mol. The van der Waals surface area contributed by atoms with Gasteiger partial charge in [-0.1, -0.05) is 45.2 Å². The predicted molar refractivity (Wildman–Crippen MR) is 86.8 cm³/mol. The molecule has 2 aromatic rings. The molecule has 0 aliphatic heterocycles. The predicted octanol–water partition coefficient (Wildman–Crippen LogP) is 5.59. The van der Waals surface area contributed by atoms with Crippen LogP contribution in [-0.4, -0.2) is 5.78 Å². The normalized spacial score (nSPS) is 10.4. The molecule has 0 bridgehead atoms. The van der Waals surface area contributed by atoms with E-state index >= 15 is 0 Å². The van der Waals surface area contributed by atoms with Crippen molar-refractivity contribution in [2.75, 3.05) is 0 Å². The molecule has 0 aliphatic carbocycles. The molecule has 5 heteroatoms. The molecule has 2 aromatic carbocycles. The zero-order chi connectivity index (χ0) is 13.3. The van der Waals surface area contributed by atoms with Crippen LogP contribution >= 0.6 is 61.7 Å². The van der Waals surface area contributed by atoms with Gasteiger partial charge in [-0.15, -0.1) is 0 Å². The van der Waals surface area contributed by atoms with E-state index in [1.54, 1.807) is 24.3 Å². The summed E-state index contributed by atoms with van der Waals surface area (Å²) in [5.74, 6) is -0.131. The summed E-state index contributed by atoms with van der Waals surface area (Å²) in [6, 6.07) is 10.6. The van der Waals surface area contributed by atoms with Crippen molar-refractivity contribution in [2.24, 2.45) is 0 Å². The van der Waals surface area contributed by atoms with E-state index in [0.717, 1.165) is 8.04 Å². The van der Waals surface area contributed by atoms with Crippen molar-refractivity contribution in [3.63, 3.8) is 0 Å². The maximum Gasteiger partial charge on any atom is 0.195 e. The largest absolute Gasteiger partial charge is 0.289 e. The van der Waals surface area contributed by atoms with Crippen LogP contribution in [0.25, 0.3) is 0 Å². The summed E-state index contributed by atoms with van der Waals surface area (Å²) in [5, 5.41) is 0.674. The van der Waals surface area contributed by atoms with Gasteiger partial charge in [0.25, 0.3) is 0 Å². The van der Waals surface area contributed by atoms with Gasteiger partial charge in [0.15, 0.2) is 5.78 Å². The van der Waals surface area contributed by atoms with Crippen molar-refractivity contribution in [2.45, 2.75) is 0 Å². The van der Waals surface area contributed by atoms with Crippen LogP contribution in [0.3, 0.4) is 0 Å². The van der Waals surface area contributed by atoms with Crippen LogP contribution in [0.15, 0.2) is 40.9 Å². The minimum Gasteiger partial charge on any atom is -0.289 e. The third-order valence-electron chi connectivity index (χ3n) is 2.37. The Hall–Kier alpha value is -0.100. The SMILES string of the molecule is O=C(c1cc(Br)ccc1I)c1cccc(Cl)c1Cl. The molecule has 0 saturated carbocycles. The van der Waals surface area contributed by atoms with E-state index in [2.05, 4.69) is 38.5 Å². The van der Waals surface area contributed by atoms with Gasteiger partial charge in [-0.05, 0) is 52.9 Å². The molecule has 0 amide bonds. The monoisotopic (exact) mass is 454 g/mol. The van der Waals surface area contributed by atoms with Crippen LogP contribution in [0.5, 0.6) is 0 Å². The van der Waals surface area contributed by atoms with Crippen molar-refractivity contribution < 1.29 is 4.79 Å². The fourth-order valence-corrected chi connectivity index (χ4v) is 2.82. The molecular formula is C13H6BrCl2IO. The number of halogens is 4. The number of hydrogen-bond acceptors (Lipinski definition) is 1. The number of hydrogen-bond donors (Lipinski definition) is 0. The number of rotatable bonds is 2. The molecule has 0 N–H and O–H groups in total. The highest BCUT2D eigenvalue weighted by atomic mass is 127. The van der Waals surface area contributed by atoms with Crippen LogP contribution in [0, 0.1) is 3.57 Å². The number of benzene rings is 2. The Morgan fingerprint density at radius 1 is 1.11 bits per heavy atom. The fourth-order valence-electron chi connectivity index (χ4n) is 1.50. The zero-order valence-electron chi connectivity index (χ0n) is 8.88. The van der Waals surface area contributed by atoms with E-state index in [1.165, 1.54) is 0 Å². The first-order valence-electron chi connectivity index (χ1n) is 4.94. The smallest absolute Gasteiger partial charge is 0.195 e. The van der Waals surface area contributed by atoms with Crippen molar-refractivity contribution in [3.05, 3.63) is 65.6 Å². The first kappa shape index (κ1) is 14.3. The summed E-state index contributed by atoms with van der Waals surface area (Å²) in [7, 11) is 0. The Kier molecular flexibility index (Phi) is 4.69. The van der Waals surface area contributed by atoms with E-state index in [4.69, 9.17) is 23.2 Å². The highest BCUT2D eigenvalue weighted by Crippen LogP contribution is 2.29. The second kappa shape index (κ2) is 5.90. The second-order valence-electron chi connectivity index (χ2n) is 3.55. The van der Waals surface area contributed by atoms with Gasteiger partial charge in [0.05, 0.1) is 10.0 Å². The summed E-state index contributed by atoms with van der Waals surface area (Å²) in [6.45, 7) is 0. The quantitative estimate of drug-likeness (QED) is 0.426. The van der Waals surface area contributed by atoms with Gasteiger partial charge in [-0.3, -0.25) is 4.79 Å². The third-order valence-corrected chi connectivity index (χ3v) is 4.62. The molecule has 18 heavy (non-hydrogen) atoms. The first-order chi connectivity index (χ1) is 8.50. The maximum atomic E-state index is 12.4. The summed E-state index contributed by atoms with van der Waals surface area (Å²) < 4.78 is 1.72. The highest BCUT2D eigenvalue weighted by Gasteiger charge is 2.17. The molecule has 0 unspecified atom stereocenters. The van der Waals surface area contributed by atoms with Gasteiger partial charge in [-0.25, -0.2) is 0 Å². The fraction of sp³-hybridized carbons (Fsp3) is 0. The molecule has 0 fully saturated rings. The Bertz CT molecular complexity index is 624. The lowest BCUT2D eigenvalue weighted by Gasteiger charge is -2.07. The lowest BCUT2D eigenvalue weighted by Crippen LogP contribution is -2.04. The number of carbonyl (C=O) groups is 1. The Morgan fingerprint density at radius 3 is 2.56 bits per heavy atom. The minimum absolute atomic E-state index is 0.131. The van der Waals surface area contributed by atoms with Crippen LogP contribution in [0.4, 0.5) is 0 Å². The molecule has 0 spiro atoms. The topological polar surface area (TPSA) is 17.1 Å². The van der Waals surface area contributed by atoms with Crippen LogP contribution in [0.2, 0.25) is 10.0 Å².